The van der Waals surface area contributed by atoms with Crippen LogP contribution in [0.4, 0.5) is 0 Å². The molecule has 0 aromatic heterocycles. The van der Waals surface area contributed by atoms with Gasteiger partial charge >= 0.3 is 0 Å². The maximum Gasteiger partial charge on any atom is 0.0466 e. The van der Waals surface area contributed by atoms with Crippen LogP contribution < -0.4 is 5.32 Å². The number of unbranched alkanes of at least 4 members (excludes halogenated alkanes) is 6. The van der Waals surface area contributed by atoms with Gasteiger partial charge in [0, 0.05) is 19.3 Å². The van der Waals surface area contributed by atoms with E-state index >= 15 is 0 Å². The van der Waals surface area contributed by atoms with Crippen LogP contribution in [0.5, 0.6) is 0 Å². The highest BCUT2D eigenvalue weighted by Crippen LogP contribution is 2.11. The van der Waals surface area contributed by atoms with Crippen LogP contribution in [0.3, 0.4) is 0 Å². The van der Waals surface area contributed by atoms with Crippen molar-refractivity contribution in [3.63, 3.8) is 0 Å². The first-order valence-corrected chi connectivity index (χ1v) is 8.10. The van der Waals surface area contributed by atoms with Crippen molar-refractivity contribution in [1.82, 2.24) is 5.32 Å². The highest BCUT2D eigenvalue weighted by Gasteiger charge is 2.05. The van der Waals surface area contributed by atoms with Gasteiger partial charge < -0.3 is 10.1 Å². The molecule has 0 aliphatic heterocycles. The summed E-state index contributed by atoms with van der Waals surface area (Å²) in [6.45, 7) is 6.11. The van der Waals surface area contributed by atoms with Gasteiger partial charge in [-0.1, -0.05) is 51.9 Å². The van der Waals surface area contributed by atoms with Crippen molar-refractivity contribution < 1.29 is 4.74 Å². The molecule has 0 saturated heterocycles. The summed E-state index contributed by atoms with van der Waals surface area (Å²) in [7, 11) is 2.09. The van der Waals surface area contributed by atoms with Crippen molar-refractivity contribution in [2.24, 2.45) is 0 Å². The molecule has 0 rings (SSSR count). The van der Waals surface area contributed by atoms with Crippen LogP contribution in [-0.4, -0.2) is 26.3 Å². The molecule has 0 aliphatic rings. The SMILES string of the molecule is CCCCCCCCCC(CCCOCC)NC. The van der Waals surface area contributed by atoms with E-state index in [2.05, 4.69) is 26.2 Å². The monoisotopic (exact) mass is 257 g/mol. The van der Waals surface area contributed by atoms with E-state index in [1.807, 2.05) is 0 Å². The Morgan fingerprint density at radius 1 is 0.833 bits per heavy atom. The first-order chi connectivity index (χ1) is 8.85. The van der Waals surface area contributed by atoms with Crippen molar-refractivity contribution in [2.45, 2.75) is 84.1 Å². The second-order valence-corrected chi connectivity index (χ2v) is 5.23. The highest BCUT2D eigenvalue weighted by atomic mass is 16.5. The van der Waals surface area contributed by atoms with Gasteiger partial charge in [0.05, 0.1) is 0 Å². The van der Waals surface area contributed by atoms with Crippen LogP contribution in [0, 0.1) is 0 Å². The highest BCUT2D eigenvalue weighted by molar-refractivity contribution is 4.64. The average Bonchev–Trinajstić information content (AvgIpc) is 2.40. The Balaban J connectivity index is 3.27. The van der Waals surface area contributed by atoms with Gasteiger partial charge in [-0.2, -0.15) is 0 Å². The molecule has 0 aromatic rings. The predicted octanol–water partition coefficient (Wildman–Crippen LogP) is 4.53. The Morgan fingerprint density at radius 2 is 1.44 bits per heavy atom. The van der Waals surface area contributed by atoms with Crippen molar-refractivity contribution in [3.05, 3.63) is 0 Å². The van der Waals surface area contributed by atoms with Crippen LogP contribution in [-0.2, 0) is 4.74 Å². The maximum atomic E-state index is 5.38. The van der Waals surface area contributed by atoms with Gasteiger partial charge in [0.25, 0.3) is 0 Å². The van der Waals surface area contributed by atoms with Crippen molar-refractivity contribution in [3.8, 4) is 0 Å². The Bertz CT molecular complexity index is 150. The Labute approximate surface area is 115 Å². The van der Waals surface area contributed by atoms with Gasteiger partial charge in [-0.05, 0) is 33.2 Å². The summed E-state index contributed by atoms with van der Waals surface area (Å²) >= 11 is 0. The van der Waals surface area contributed by atoms with Gasteiger partial charge in [0.2, 0.25) is 0 Å². The van der Waals surface area contributed by atoms with Crippen LogP contribution in [0.15, 0.2) is 0 Å². The van der Waals surface area contributed by atoms with Crippen LogP contribution in [0.1, 0.15) is 78.1 Å². The molecule has 0 saturated carbocycles. The van der Waals surface area contributed by atoms with Crippen molar-refractivity contribution >= 4 is 0 Å². The zero-order valence-corrected chi connectivity index (χ0v) is 13.0. The number of hydrogen-bond acceptors (Lipinski definition) is 2. The third-order valence-corrected chi connectivity index (χ3v) is 3.61. The van der Waals surface area contributed by atoms with E-state index in [9.17, 15) is 0 Å². The molecule has 0 fully saturated rings. The van der Waals surface area contributed by atoms with Crippen LogP contribution >= 0.6 is 0 Å². The lowest BCUT2D eigenvalue weighted by Crippen LogP contribution is -2.25. The quantitative estimate of drug-likeness (QED) is 0.462. The fourth-order valence-corrected chi connectivity index (χ4v) is 2.36. The van der Waals surface area contributed by atoms with E-state index in [1.54, 1.807) is 0 Å². The molecule has 1 unspecified atom stereocenters. The molecule has 2 nitrogen and oxygen atoms in total. The lowest BCUT2D eigenvalue weighted by Gasteiger charge is -2.15. The largest absolute Gasteiger partial charge is 0.382 e. The fraction of sp³-hybridized carbons (Fsp3) is 1.00. The lowest BCUT2D eigenvalue weighted by molar-refractivity contribution is 0.140. The zero-order chi connectivity index (χ0) is 13.5. The van der Waals surface area contributed by atoms with Gasteiger partial charge in [-0.15, -0.1) is 0 Å². The minimum absolute atomic E-state index is 0.695. The maximum absolute atomic E-state index is 5.38. The average molecular weight is 257 g/mol. The second-order valence-electron chi connectivity index (χ2n) is 5.23. The van der Waals surface area contributed by atoms with E-state index in [0.717, 1.165) is 13.2 Å². The summed E-state index contributed by atoms with van der Waals surface area (Å²) in [5.41, 5.74) is 0. The third-order valence-electron chi connectivity index (χ3n) is 3.61. The van der Waals surface area contributed by atoms with Gasteiger partial charge in [0.1, 0.15) is 0 Å². The molecule has 0 bridgehead atoms. The molecule has 0 heterocycles. The molecule has 1 N–H and O–H groups in total. The van der Waals surface area contributed by atoms with Gasteiger partial charge in [-0.3, -0.25) is 0 Å². The number of hydrogen-bond donors (Lipinski definition) is 1. The summed E-state index contributed by atoms with van der Waals surface area (Å²) in [4.78, 5) is 0. The molecule has 110 valence electrons. The minimum Gasteiger partial charge on any atom is -0.382 e. The number of ether oxygens (including phenoxy) is 1. The molecule has 0 aromatic carbocycles. The molecular weight excluding hydrogens is 222 g/mol. The molecule has 1 atom stereocenters. The van der Waals surface area contributed by atoms with Crippen LogP contribution in [0.25, 0.3) is 0 Å². The summed E-state index contributed by atoms with van der Waals surface area (Å²) < 4.78 is 5.38. The molecule has 0 radical (unpaired) electrons. The third kappa shape index (κ3) is 12.4. The van der Waals surface area contributed by atoms with Crippen LogP contribution in [0.2, 0.25) is 0 Å². The molecule has 0 amide bonds. The molecule has 0 spiro atoms. The van der Waals surface area contributed by atoms with Gasteiger partial charge in [0.15, 0.2) is 0 Å². The summed E-state index contributed by atoms with van der Waals surface area (Å²) in [6, 6.07) is 0.695. The molecule has 0 aliphatic carbocycles. The lowest BCUT2D eigenvalue weighted by atomic mass is 10.0. The van der Waals surface area contributed by atoms with E-state index in [-0.39, 0.29) is 0 Å². The minimum atomic E-state index is 0.695. The van der Waals surface area contributed by atoms with Crippen molar-refractivity contribution in [2.75, 3.05) is 20.3 Å². The molecule has 18 heavy (non-hydrogen) atoms. The number of rotatable bonds is 14. The molecular formula is C16H35NO. The van der Waals surface area contributed by atoms with E-state index in [4.69, 9.17) is 4.74 Å². The number of nitrogens with one attached hydrogen (secondary N) is 1. The fourth-order valence-electron chi connectivity index (χ4n) is 2.36. The standard InChI is InChI=1S/C16H35NO/c1-4-6-7-8-9-10-11-13-16(17-3)14-12-15-18-5-2/h16-17H,4-15H2,1-3H3. The first kappa shape index (κ1) is 17.9. The summed E-state index contributed by atoms with van der Waals surface area (Å²) in [6.07, 6.45) is 13.6. The smallest absolute Gasteiger partial charge is 0.0466 e. The predicted molar refractivity (Wildman–Crippen MR) is 81.2 cm³/mol. The zero-order valence-electron chi connectivity index (χ0n) is 13.0. The normalized spacial score (nSPS) is 12.8. The molecule has 2 heteroatoms. The van der Waals surface area contributed by atoms with Crippen molar-refractivity contribution in [1.29, 1.82) is 0 Å². The van der Waals surface area contributed by atoms with E-state index in [0.29, 0.717) is 6.04 Å². The second kappa shape index (κ2) is 15.0. The Morgan fingerprint density at radius 3 is 2.06 bits per heavy atom. The Kier molecular flexibility index (Phi) is 14.9. The Hall–Kier alpha value is -0.0800. The summed E-state index contributed by atoms with van der Waals surface area (Å²) in [5.74, 6) is 0. The van der Waals surface area contributed by atoms with Gasteiger partial charge in [-0.25, -0.2) is 0 Å². The summed E-state index contributed by atoms with van der Waals surface area (Å²) in [5, 5.41) is 3.43. The van der Waals surface area contributed by atoms with E-state index in [1.165, 1.54) is 64.2 Å². The van der Waals surface area contributed by atoms with E-state index < -0.39 is 0 Å². The first-order valence-electron chi connectivity index (χ1n) is 8.10. The topological polar surface area (TPSA) is 21.3 Å².